The molecule has 0 aliphatic heterocycles. The molecule has 26 heavy (non-hydrogen) atoms. The number of anilines is 1. The van der Waals surface area contributed by atoms with Crippen LogP contribution >= 0.6 is 34.8 Å². The van der Waals surface area contributed by atoms with Crippen LogP contribution in [-0.4, -0.2) is 31.9 Å². The first-order valence-corrected chi connectivity index (χ1v) is 9.36. The van der Waals surface area contributed by atoms with Crippen LogP contribution in [0.15, 0.2) is 35.4 Å². The highest BCUT2D eigenvalue weighted by atomic mass is 35.5. The molecule has 0 saturated carbocycles. The zero-order chi connectivity index (χ0) is 19.5. The largest absolute Gasteiger partial charge is 0.452 e. The summed E-state index contributed by atoms with van der Waals surface area (Å²) in [6, 6.07) is 4.88. The molecule has 1 heterocycles. The molecular weight excluding hydrogens is 429 g/mol. The lowest BCUT2D eigenvalue weighted by Gasteiger charge is -2.09. The third-order valence-electron chi connectivity index (χ3n) is 2.88. The Labute approximate surface area is 163 Å². The molecule has 138 valence electrons. The normalized spacial score (nSPS) is 11.1. The van der Waals surface area contributed by atoms with Crippen molar-refractivity contribution in [1.82, 2.24) is 4.98 Å². The van der Waals surface area contributed by atoms with Crippen LogP contribution < -0.4 is 10.5 Å². The standard InChI is InChI=1S/C14H10Cl3N3O5S/c15-7-1-2-12(19-5-7)20-13(21)6-25-14(22)8-3-11(26(18,23)24)10(17)4-9(8)16/h1-5H,6H2,(H2,18,23,24)(H,19,20,21). The fourth-order valence-electron chi connectivity index (χ4n) is 1.74. The number of carbonyl (C=O) groups is 2. The van der Waals surface area contributed by atoms with Crippen molar-refractivity contribution in [2.45, 2.75) is 4.90 Å². The Bertz CT molecular complexity index is 965. The summed E-state index contributed by atoms with van der Waals surface area (Å²) in [7, 11) is -4.18. The first kappa shape index (κ1) is 20.4. The third kappa shape index (κ3) is 5.29. The van der Waals surface area contributed by atoms with Crippen LogP contribution in [0.25, 0.3) is 0 Å². The fourth-order valence-corrected chi connectivity index (χ4v) is 3.25. The Balaban J connectivity index is 2.08. The highest BCUT2D eigenvalue weighted by Crippen LogP contribution is 2.28. The Hall–Kier alpha value is -1.91. The monoisotopic (exact) mass is 437 g/mol. The van der Waals surface area contributed by atoms with E-state index < -0.39 is 33.4 Å². The van der Waals surface area contributed by atoms with Gasteiger partial charge in [-0.2, -0.15) is 0 Å². The molecule has 0 fully saturated rings. The average Bonchev–Trinajstić information content (AvgIpc) is 2.53. The Morgan fingerprint density at radius 2 is 1.85 bits per heavy atom. The van der Waals surface area contributed by atoms with Crippen LogP contribution in [0, 0.1) is 0 Å². The summed E-state index contributed by atoms with van der Waals surface area (Å²) < 4.78 is 27.7. The van der Waals surface area contributed by atoms with E-state index in [4.69, 9.17) is 44.7 Å². The summed E-state index contributed by atoms with van der Waals surface area (Å²) in [5.74, 6) is -1.50. The Kier molecular flexibility index (Phi) is 6.43. The maximum atomic E-state index is 12.1. The Morgan fingerprint density at radius 3 is 2.42 bits per heavy atom. The molecule has 0 saturated heterocycles. The van der Waals surface area contributed by atoms with Crippen molar-refractivity contribution in [2.75, 3.05) is 11.9 Å². The molecule has 1 aromatic heterocycles. The van der Waals surface area contributed by atoms with Gasteiger partial charge in [0.05, 0.1) is 20.6 Å². The summed E-state index contributed by atoms with van der Waals surface area (Å²) in [5, 5.41) is 7.36. The highest BCUT2D eigenvalue weighted by molar-refractivity contribution is 7.89. The second-order valence-electron chi connectivity index (χ2n) is 4.79. The Morgan fingerprint density at radius 1 is 1.15 bits per heavy atom. The molecule has 0 aliphatic rings. The van der Waals surface area contributed by atoms with Gasteiger partial charge >= 0.3 is 5.97 Å². The number of ether oxygens (including phenoxy) is 1. The van der Waals surface area contributed by atoms with Gasteiger partial charge < -0.3 is 10.1 Å². The predicted molar refractivity (Wildman–Crippen MR) is 96.0 cm³/mol. The van der Waals surface area contributed by atoms with Crippen molar-refractivity contribution in [3.8, 4) is 0 Å². The van der Waals surface area contributed by atoms with E-state index in [0.29, 0.717) is 5.02 Å². The first-order valence-electron chi connectivity index (χ1n) is 6.68. The van der Waals surface area contributed by atoms with E-state index >= 15 is 0 Å². The lowest BCUT2D eigenvalue weighted by molar-refractivity contribution is -0.119. The van der Waals surface area contributed by atoms with Gasteiger partial charge in [-0.1, -0.05) is 34.8 Å². The van der Waals surface area contributed by atoms with Crippen LogP contribution in [0.4, 0.5) is 5.82 Å². The molecule has 0 bridgehead atoms. The molecule has 3 N–H and O–H groups in total. The molecule has 1 aromatic carbocycles. The van der Waals surface area contributed by atoms with Crippen LogP contribution in [0.5, 0.6) is 0 Å². The minimum absolute atomic E-state index is 0.160. The van der Waals surface area contributed by atoms with Crippen molar-refractivity contribution in [1.29, 1.82) is 0 Å². The van der Waals surface area contributed by atoms with Crippen molar-refractivity contribution in [3.05, 3.63) is 51.1 Å². The number of nitrogens with one attached hydrogen (secondary N) is 1. The number of pyridine rings is 1. The van der Waals surface area contributed by atoms with E-state index in [9.17, 15) is 18.0 Å². The molecule has 2 aromatic rings. The van der Waals surface area contributed by atoms with Gasteiger partial charge in [0.1, 0.15) is 10.7 Å². The number of benzene rings is 1. The molecule has 0 spiro atoms. The molecule has 12 heteroatoms. The summed E-state index contributed by atoms with van der Waals surface area (Å²) in [6.07, 6.45) is 1.32. The second kappa shape index (κ2) is 8.19. The van der Waals surface area contributed by atoms with E-state index in [0.717, 1.165) is 12.1 Å². The number of amides is 1. The number of hydrogen-bond donors (Lipinski definition) is 2. The maximum Gasteiger partial charge on any atom is 0.340 e. The minimum Gasteiger partial charge on any atom is -0.452 e. The fraction of sp³-hybridized carbons (Fsp3) is 0.0714. The van der Waals surface area contributed by atoms with Gasteiger partial charge in [-0.3, -0.25) is 4.79 Å². The summed E-state index contributed by atoms with van der Waals surface area (Å²) in [5.41, 5.74) is -0.308. The lowest BCUT2D eigenvalue weighted by Crippen LogP contribution is -2.22. The summed E-state index contributed by atoms with van der Waals surface area (Å²) in [4.78, 5) is 27.2. The molecule has 0 atom stereocenters. The number of carbonyl (C=O) groups excluding carboxylic acids is 2. The molecular formula is C14H10Cl3N3O5S. The number of nitrogens with two attached hydrogens (primary N) is 1. The zero-order valence-corrected chi connectivity index (χ0v) is 15.8. The third-order valence-corrected chi connectivity index (χ3v) is 4.79. The van der Waals surface area contributed by atoms with E-state index in [1.165, 1.54) is 18.3 Å². The summed E-state index contributed by atoms with van der Waals surface area (Å²) >= 11 is 17.3. The van der Waals surface area contributed by atoms with Gasteiger partial charge in [0.15, 0.2) is 6.61 Å². The van der Waals surface area contributed by atoms with Crippen molar-refractivity contribution in [2.24, 2.45) is 5.14 Å². The number of sulfonamides is 1. The van der Waals surface area contributed by atoms with Gasteiger partial charge in [-0.05, 0) is 24.3 Å². The summed E-state index contributed by atoms with van der Waals surface area (Å²) in [6.45, 7) is -0.660. The van der Waals surface area contributed by atoms with Gasteiger partial charge in [0, 0.05) is 6.20 Å². The second-order valence-corrected chi connectivity index (χ2v) is 7.57. The van der Waals surface area contributed by atoms with Gasteiger partial charge in [-0.15, -0.1) is 0 Å². The molecule has 8 nitrogen and oxygen atoms in total. The number of halogens is 3. The maximum absolute atomic E-state index is 12.1. The van der Waals surface area contributed by atoms with Crippen LogP contribution in [0.2, 0.25) is 15.1 Å². The average molecular weight is 439 g/mol. The minimum atomic E-state index is -4.18. The first-order chi connectivity index (χ1) is 12.1. The smallest absolute Gasteiger partial charge is 0.340 e. The van der Waals surface area contributed by atoms with E-state index in [-0.39, 0.29) is 21.4 Å². The molecule has 1 amide bonds. The molecule has 0 radical (unpaired) electrons. The van der Waals surface area contributed by atoms with Gasteiger partial charge in [-0.25, -0.2) is 23.3 Å². The highest BCUT2D eigenvalue weighted by Gasteiger charge is 2.21. The molecule has 0 aliphatic carbocycles. The lowest BCUT2D eigenvalue weighted by atomic mass is 10.2. The van der Waals surface area contributed by atoms with Crippen LogP contribution in [0.1, 0.15) is 10.4 Å². The van der Waals surface area contributed by atoms with Crippen molar-refractivity contribution < 1.29 is 22.7 Å². The number of primary sulfonamides is 1. The molecule has 2 rings (SSSR count). The van der Waals surface area contributed by atoms with E-state index in [1.54, 1.807) is 0 Å². The number of nitrogens with zero attached hydrogens (tertiary/aromatic N) is 1. The predicted octanol–water partition coefficient (Wildman–Crippen LogP) is 2.48. The zero-order valence-electron chi connectivity index (χ0n) is 12.7. The number of hydrogen-bond acceptors (Lipinski definition) is 6. The van der Waals surface area contributed by atoms with Gasteiger partial charge in [0.2, 0.25) is 10.0 Å². The van der Waals surface area contributed by atoms with Crippen molar-refractivity contribution >= 4 is 62.5 Å². The van der Waals surface area contributed by atoms with E-state index in [2.05, 4.69) is 10.3 Å². The number of rotatable bonds is 5. The van der Waals surface area contributed by atoms with E-state index in [1.807, 2.05) is 0 Å². The number of esters is 1. The SMILES string of the molecule is NS(=O)(=O)c1cc(C(=O)OCC(=O)Nc2ccc(Cl)cn2)c(Cl)cc1Cl. The van der Waals surface area contributed by atoms with Crippen molar-refractivity contribution in [3.63, 3.8) is 0 Å². The molecule has 0 unspecified atom stereocenters. The number of aromatic nitrogens is 1. The topological polar surface area (TPSA) is 128 Å². The van der Waals surface area contributed by atoms with Crippen LogP contribution in [0.3, 0.4) is 0 Å². The van der Waals surface area contributed by atoms with Crippen LogP contribution in [-0.2, 0) is 19.6 Å². The quantitative estimate of drug-likeness (QED) is 0.690. The van der Waals surface area contributed by atoms with Gasteiger partial charge in [0.25, 0.3) is 5.91 Å².